The molecule has 1 amide bonds. The van der Waals surface area contributed by atoms with Crippen molar-refractivity contribution in [2.24, 2.45) is 0 Å². The van der Waals surface area contributed by atoms with Gasteiger partial charge in [-0.15, -0.1) is 0 Å². The summed E-state index contributed by atoms with van der Waals surface area (Å²) in [6, 6.07) is 5.07. The average Bonchev–Trinajstić information content (AvgIpc) is 2.21. The lowest BCUT2D eigenvalue weighted by Crippen LogP contribution is -2.32. The molecule has 0 aliphatic carbocycles. The Morgan fingerprint density at radius 1 is 1.41 bits per heavy atom. The van der Waals surface area contributed by atoms with Crippen molar-refractivity contribution in [1.82, 2.24) is 0 Å². The van der Waals surface area contributed by atoms with Crippen LogP contribution in [0.25, 0.3) is 0 Å². The van der Waals surface area contributed by atoms with E-state index >= 15 is 0 Å². The highest BCUT2D eigenvalue weighted by Crippen LogP contribution is 2.18. The van der Waals surface area contributed by atoms with E-state index in [-0.39, 0.29) is 0 Å². The number of aryl methyl sites for hydroxylation is 1. The molecule has 1 aromatic carbocycles. The Morgan fingerprint density at radius 2 is 2.00 bits per heavy atom. The smallest absolute Gasteiger partial charge is 0.242 e. The van der Waals surface area contributed by atoms with Crippen molar-refractivity contribution >= 4 is 27.1 Å². The Bertz CT molecular complexity index is 538. The number of hydrogen-bond acceptors (Lipinski definition) is 4. The van der Waals surface area contributed by atoms with Gasteiger partial charge >= 0.3 is 0 Å². The fourth-order valence-corrected chi connectivity index (χ4v) is 1.65. The number of hydrogen-bond donors (Lipinski definition) is 2. The van der Waals surface area contributed by atoms with Crippen LogP contribution >= 0.6 is 0 Å². The maximum Gasteiger partial charge on any atom is 0.242 e. The summed E-state index contributed by atoms with van der Waals surface area (Å²) >= 11 is 0. The van der Waals surface area contributed by atoms with Gasteiger partial charge in [-0.1, -0.05) is 6.07 Å². The molecule has 94 valence electrons. The topological polar surface area (TPSA) is 89.3 Å². The monoisotopic (exact) mass is 256 g/mol. The maximum atomic E-state index is 11.7. The second kappa shape index (κ2) is 4.75. The predicted octanol–water partition coefficient (Wildman–Crippen LogP) is 0.949. The largest absolute Gasteiger partial charge is 0.399 e. The van der Waals surface area contributed by atoms with E-state index < -0.39 is 21.0 Å². The molecule has 1 rings (SSSR count). The van der Waals surface area contributed by atoms with E-state index in [1.54, 1.807) is 25.1 Å². The standard InChI is InChI=1S/C11H16N2O3S/c1-7-4-5-9(12)6-10(7)13-11(14)8(2)17(3,15)16/h4-6,8H,12H2,1-3H3,(H,13,14). The number of carbonyl (C=O) groups excluding carboxylic acids is 1. The van der Waals surface area contributed by atoms with Crippen LogP contribution in [0.15, 0.2) is 18.2 Å². The molecular weight excluding hydrogens is 240 g/mol. The van der Waals surface area contributed by atoms with E-state index in [0.29, 0.717) is 11.4 Å². The fourth-order valence-electron chi connectivity index (χ4n) is 1.20. The van der Waals surface area contributed by atoms with Crippen molar-refractivity contribution in [3.05, 3.63) is 23.8 Å². The fraction of sp³-hybridized carbons (Fsp3) is 0.364. The lowest BCUT2D eigenvalue weighted by atomic mass is 10.2. The number of amides is 1. The average molecular weight is 256 g/mol. The molecule has 5 nitrogen and oxygen atoms in total. The molecule has 1 aromatic rings. The molecular formula is C11H16N2O3S. The van der Waals surface area contributed by atoms with Crippen LogP contribution in [0.3, 0.4) is 0 Å². The number of benzene rings is 1. The summed E-state index contributed by atoms with van der Waals surface area (Å²) in [5.41, 5.74) is 7.47. The summed E-state index contributed by atoms with van der Waals surface area (Å²) in [7, 11) is -3.39. The molecule has 0 spiro atoms. The van der Waals surface area contributed by atoms with Crippen LogP contribution in [-0.2, 0) is 14.6 Å². The normalized spacial score (nSPS) is 13.1. The third-order valence-electron chi connectivity index (χ3n) is 2.53. The number of sulfone groups is 1. The first kappa shape index (κ1) is 13.5. The van der Waals surface area contributed by atoms with E-state index in [2.05, 4.69) is 5.32 Å². The molecule has 0 aliphatic heterocycles. The molecule has 1 unspecified atom stereocenters. The van der Waals surface area contributed by atoms with Crippen LogP contribution in [0.4, 0.5) is 11.4 Å². The highest BCUT2D eigenvalue weighted by Gasteiger charge is 2.23. The van der Waals surface area contributed by atoms with Gasteiger partial charge in [0.15, 0.2) is 9.84 Å². The molecule has 0 saturated carbocycles. The molecule has 0 heterocycles. The van der Waals surface area contributed by atoms with Crippen molar-refractivity contribution in [1.29, 1.82) is 0 Å². The van der Waals surface area contributed by atoms with E-state index in [4.69, 9.17) is 5.73 Å². The van der Waals surface area contributed by atoms with Gasteiger partial charge in [-0.25, -0.2) is 8.42 Å². The third-order valence-corrected chi connectivity index (χ3v) is 4.03. The molecule has 0 radical (unpaired) electrons. The molecule has 3 N–H and O–H groups in total. The van der Waals surface area contributed by atoms with Gasteiger partial charge in [-0.05, 0) is 31.5 Å². The lowest BCUT2D eigenvalue weighted by Gasteiger charge is -2.12. The summed E-state index contributed by atoms with van der Waals surface area (Å²) in [5, 5.41) is 1.48. The Labute approximate surface area is 101 Å². The van der Waals surface area contributed by atoms with Crippen LogP contribution in [0.1, 0.15) is 12.5 Å². The van der Waals surface area contributed by atoms with Crippen LogP contribution in [0.5, 0.6) is 0 Å². The van der Waals surface area contributed by atoms with Crippen molar-refractivity contribution in [3.8, 4) is 0 Å². The Hall–Kier alpha value is -1.56. The second-order valence-electron chi connectivity index (χ2n) is 4.04. The number of rotatable bonds is 3. The highest BCUT2D eigenvalue weighted by molar-refractivity contribution is 7.92. The quantitative estimate of drug-likeness (QED) is 0.788. The molecule has 0 bridgehead atoms. The van der Waals surface area contributed by atoms with Crippen molar-refractivity contribution in [2.45, 2.75) is 19.1 Å². The lowest BCUT2D eigenvalue weighted by molar-refractivity contribution is -0.115. The van der Waals surface area contributed by atoms with Crippen LogP contribution in [0.2, 0.25) is 0 Å². The van der Waals surface area contributed by atoms with Gasteiger partial charge < -0.3 is 11.1 Å². The molecule has 6 heteroatoms. The number of anilines is 2. The van der Waals surface area contributed by atoms with E-state index in [1.807, 2.05) is 0 Å². The maximum absolute atomic E-state index is 11.7. The number of nitrogens with one attached hydrogen (secondary N) is 1. The minimum Gasteiger partial charge on any atom is -0.399 e. The van der Waals surface area contributed by atoms with Crippen molar-refractivity contribution in [3.63, 3.8) is 0 Å². The van der Waals surface area contributed by atoms with Crippen LogP contribution in [-0.4, -0.2) is 25.8 Å². The molecule has 17 heavy (non-hydrogen) atoms. The molecule has 0 saturated heterocycles. The van der Waals surface area contributed by atoms with Gasteiger partial charge in [0.05, 0.1) is 0 Å². The summed E-state index contributed by atoms with van der Waals surface area (Å²) in [6.45, 7) is 3.16. The van der Waals surface area contributed by atoms with Crippen molar-refractivity contribution < 1.29 is 13.2 Å². The Morgan fingerprint density at radius 3 is 2.53 bits per heavy atom. The SMILES string of the molecule is Cc1ccc(N)cc1NC(=O)C(C)S(C)(=O)=O. The summed E-state index contributed by atoms with van der Waals surface area (Å²) in [4.78, 5) is 11.7. The van der Waals surface area contributed by atoms with E-state index in [9.17, 15) is 13.2 Å². The first-order valence-corrected chi connectivity index (χ1v) is 7.03. The van der Waals surface area contributed by atoms with Crippen LogP contribution < -0.4 is 11.1 Å². The second-order valence-corrected chi connectivity index (χ2v) is 6.40. The minimum atomic E-state index is -3.39. The van der Waals surface area contributed by atoms with Gasteiger partial charge in [-0.2, -0.15) is 0 Å². The number of carbonyl (C=O) groups is 1. The zero-order valence-corrected chi connectivity index (χ0v) is 10.8. The molecule has 1 atom stereocenters. The van der Waals surface area contributed by atoms with E-state index in [0.717, 1.165) is 11.8 Å². The van der Waals surface area contributed by atoms with Gasteiger partial charge in [0.25, 0.3) is 0 Å². The van der Waals surface area contributed by atoms with Crippen molar-refractivity contribution in [2.75, 3.05) is 17.3 Å². The van der Waals surface area contributed by atoms with Gasteiger partial charge in [0, 0.05) is 17.6 Å². The summed E-state index contributed by atoms with van der Waals surface area (Å²) in [5.74, 6) is -0.554. The predicted molar refractivity (Wildman–Crippen MR) is 68.5 cm³/mol. The number of nitrogen functional groups attached to an aromatic ring is 1. The minimum absolute atomic E-state index is 0.512. The first-order chi connectivity index (χ1) is 7.71. The molecule has 0 aromatic heterocycles. The van der Waals surface area contributed by atoms with Gasteiger partial charge in [0.1, 0.15) is 5.25 Å². The summed E-state index contributed by atoms with van der Waals surface area (Å²) in [6.07, 6.45) is 1.03. The third kappa shape index (κ3) is 3.45. The summed E-state index contributed by atoms with van der Waals surface area (Å²) < 4.78 is 22.5. The zero-order chi connectivity index (χ0) is 13.2. The van der Waals surface area contributed by atoms with Crippen LogP contribution in [0, 0.1) is 6.92 Å². The zero-order valence-electron chi connectivity index (χ0n) is 10.0. The molecule has 0 fully saturated rings. The van der Waals surface area contributed by atoms with Gasteiger partial charge in [-0.3, -0.25) is 4.79 Å². The molecule has 0 aliphatic rings. The van der Waals surface area contributed by atoms with Gasteiger partial charge in [0.2, 0.25) is 5.91 Å². The highest BCUT2D eigenvalue weighted by atomic mass is 32.2. The Balaban J connectivity index is 2.92. The van der Waals surface area contributed by atoms with E-state index in [1.165, 1.54) is 6.92 Å². The number of nitrogens with two attached hydrogens (primary N) is 1. The Kier molecular flexibility index (Phi) is 3.77. The first-order valence-electron chi connectivity index (χ1n) is 5.07.